The zero-order valence-corrected chi connectivity index (χ0v) is 15.8. The van der Waals surface area contributed by atoms with Crippen molar-refractivity contribution >= 4 is 11.6 Å². The molecule has 0 atom stereocenters. The summed E-state index contributed by atoms with van der Waals surface area (Å²) in [4.78, 5) is 23.7. The summed E-state index contributed by atoms with van der Waals surface area (Å²) in [5.74, 6) is 0.0402. The van der Waals surface area contributed by atoms with Crippen molar-refractivity contribution in [3.05, 3.63) is 59.9 Å². The van der Waals surface area contributed by atoms with Gasteiger partial charge in [0.05, 0.1) is 0 Å². The van der Waals surface area contributed by atoms with Crippen LogP contribution in [0.15, 0.2) is 48.7 Å². The first kappa shape index (κ1) is 18.4. The molecular formula is C21H28N4O. The molecule has 5 nitrogen and oxygen atoms in total. The fourth-order valence-corrected chi connectivity index (χ4v) is 3.43. The molecule has 1 aromatic heterocycles. The van der Waals surface area contributed by atoms with Crippen molar-refractivity contribution in [1.29, 1.82) is 0 Å². The summed E-state index contributed by atoms with van der Waals surface area (Å²) in [7, 11) is 0. The maximum absolute atomic E-state index is 12.8. The lowest BCUT2D eigenvalue weighted by atomic mass is 10.2. The van der Waals surface area contributed by atoms with Crippen LogP contribution < -0.4 is 4.90 Å². The number of aromatic nitrogens is 1. The van der Waals surface area contributed by atoms with Crippen LogP contribution in [0, 0.1) is 0 Å². The summed E-state index contributed by atoms with van der Waals surface area (Å²) in [5.41, 5.74) is 2.93. The number of amides is 1. The van der Waals surface area contributed by atoms with Crippen molar-refractivity contribution in [2.45, 2.75) is 20.4 Å². The summed E-state index contributed by atoms with van der Waals surface area (Å²) in [5, 5.41) is 0. The molecule has 3 rings (SSSR count). The Kier molecular flexibility index (Phi) is 6.23. The van der Waals surface area contributed by atoms with Crippen molar-refractivity contribution in [2.75, 3.05) is 44.2 Å². The molecule has 138 valence electrons. The highest BCUT2D eigenvalue weighted by atomic mass is 16.2. The van der Waals surface area contributed by atoms with E-state index in [2.05, 4.69) is 52.9 Å². The van der Waals surface area contributed by atoms with E-state index in [1.54, 1.807) is 6.20 Å². The van der Waals surface area contributed by atoms with Gasteiger partial charge in [-0.2, -0.15) is 0 Å². The molecular weight excluding hydrogens is 324 g/mol. The van der Waals surface area contributed by atoms with Gasteiger partial charge in [-0.3, -0.25) is 14.7 Å². The van der Waals surface area contributed by atoms with Gasteiger partial charge in [0, 0.05) is 57.7 Å². The van der Waals surface area contributed by atoms with E-state index in [-0.39, 0.29) is 5.91 Å². The smallest absolute Gasteiger partial charge is 0.272 e. The minimum atomic E-state index is 0.0402. The summed E-state index contributed by atoms with van der Waals surface area (Å²) < 4.78 is 0. The SMILES string of the molecule is CCN(CC)c1ccnc(C(=O)N2CCN(Cc3ccccc3)CC2)c1. The number of rotatable bonds is 6. The molecule has 0 radical (unpaired) electrons. The van der Waals surface area contributed by atoms with Crippen LogP contribution in [0.1, 0.15) is 29.9 Å². The number of carbonyl (C=O) groups excluding carboxylic acids is 1. The second-order valence-electron chi connectivity index (χ2n) is 6.63. The van der Waals surface area contributed by atoms with Crippen molar-refractivity contribution < 1.29 is 4.79 Å². The van der Waals surface area contributed by atoms with Crippen LogP contribution in [0.25, 0.3) is 0 Å². The van der Waals surface area contributed by atoms with Crippen molar-refractivity contribution in [3.63, 3.8) is 0 Å². The molecule has 1 saturated heterocycles. The van der Waals surface area contributed by atoms with Gasteiger partial charge in [-0.05, 0) is 31.5 Å². The maximum atomic E-state index is 12.8. The predicted molar refractivity (Wildman–Crippen MR) is 105 cm³/mol. The van der Waals surface area contributed by atoms with E-state index < -0.39 is 0 Å². The fourth-order valence-electron chi connectivity index (χ4n) is 3.43. The van der Waals surface area contributed by atoms with Gasteiger partial charge in [0.1, 0.15) is 5.69 Å². The van der Waals surface area contributed by atoms with Crippen molar-refractivity contribution in [2.24, 2.45) is 0 Å². The number of piperazine rings is 1. The molecule has 0 bridgehead atoms. The highest BCUT2D eigenvalue weighted by molar-refractivity contribution is 5.93. The highest BCUT2D eigenvalue weighted by Gasteiger charge is 2.23. The third-order valence-corrected chi connectivity index (χ3v) is 5.00. The average Bonchev–Trinajstić information content (AvgIpc) is 2.70. The molecule has 5 heteroatoms. The molecule has 0 N–H and O–H groups in total. The fraction of sp³-hybridized carbons (Fsp3) is 0.429. The third-order valence-electron chi connectivity index (χ3n) is 5.00. The first-order valence-electron chi connectivity index (χ1n) is 9.47. The number of nitrogens with zero attached hydrogens (tertiary/aromatic N) is 4. The molecule has 2 aromatic rings. The van der Waals surface area contributed by atoms with Gasteiger partial charge in [-0.15, -0.1) is 0 Å². The normalized spacial score (nSPS) is 15.1. The van der Waals surface area contributed by atoms with Gasteiger partial charge < -0.3 is 9.80 Å². The largest absolute Gasteiger partial charge is 0.372 e. The van der Waals surface area contributed by atoms with E-state index in [0.717, 1.165) is 51.5 Å². The molecule has 26 heavy (non-hydrogen) atoms. The summed E-state index contributed by atoms with van der Waals surface area (Å²) in [6, 6.07) is 14.4. The Morgan fingerprint density at radius 2 is 1.73 bits per heavy atom. The van der Waals surface area contributed by atoms with Gasteiger partial charge in [-0.25, -0.2) is 0 Å². The number of benzene rings is 1. The molecule has 1 aliphatic rings. The number of anilines is 1. The van der Waals surface area contributed by atoms with Crippen LogP contribution in [0.2, 0.25) is 0 Å². The first-order chi connectivity index (χ1) is 12.7. The summed E-state index contributed by atoms with van der Waals surface area (Å²) in [6.07, 6.45) is 1.74. The third kappa shape index (κ3) is 4.41. The Balaban J connectivity index is 1.59. The van der Waals surface area contributed by atoms with E-state index in [9.17, 15) is 4.79 Å². The molecule has 1 amide bonds. The number of carbonyl (C=O) groups is 1. The lowest BCUT2D eigenvalue weighted by Crippen LogP contribution is -2.48. The Morgan fingerprint density at radius 1 is 1.04 bits per heavy atom. The van der Waals surface area contributed by atoms with Gasteiger partial charge in [-0.1, -0.05) is 30.3 Å². The summed E-state index contributed by atoms with van der Waals surface area (Å²) >= 11 is 0. The molecule has 0 aliphatic carbocycles. The second-order valence-corrected chi connectivity index (χ2v) is 6.63. The highest BCUT2D eigenvalue weighted by Crippen LogP contribution is 2.16. The Morgan fingerprint density at radius 3 is 2.38 bits per heavy atom. The monoisotopic (exact) mass is 352 g/mol. The van der Waals surface area contributed by atoms with E-state index in [4.69, 9.17) is 0 Å². The van der Waals surface area contributed by atoms with Gasteiger partial charge in [0.15, 0.2) is 0 Å². The summed E-state index contributed by atoms with van der Waals surface area (Å²) in [6.45, 7) is 10.3. The number of pyridine rings is 1. The number of hydrogen-bond donors (Lipinski definition) is 0. The zero-order chi connectivity index (χ0) is 18.4. The topological polar surface area (TPSA) is 39.7 Å². The molecule has 0 saturated carbocycles. The minimum absolute atomic E-state index is 0.0402. The average molecular weight is 352 g/mol. The van der Waals surface area contributed by atoms with E-state index in [1.165, 1.54) is 5.56 Å². The predicted octanol–water partition coefficient (Wildman–Crippen LogP) is 2.89. The standard InChI is InChI=1S/C21H28N4O/c1-3-24(4-2)19-10-11-22-20(16-19)21(26)25-14-12-23(13-15-25)17-18-8-6-5-7-9-18/h5-11,16H,3-4,12-15,17H2,1-2H3. The first-order valence-corrected chi connectivity index (χ1v) is 9.47. The van der Waals surface area contributed by atoms with Crippen LogP contribution >= 0.6 is 0 Å². The molecule has 1 aliphatic heterocycles. The number of hydrogen-bond acceptors (Lipinski definition) is 4. The van der Waals surface area contributed by atoms with Gasteiger partial charge in [0.25, 0.3) is 5.91 Å². The maximum Gasteiger partial charge on any atom is 0.272 e. The molecule has 2 heterocycles. The Bertz CT molecular complexity index is 707. The Hall–Kier alpha value is -2.40. The van der Waals surface area contributed by atoms with Gasteiger partial charge >= 0.3 is 0 Å². The van der Waals surface area contributed by atoms with Crippen LogP contribution in [-0.2, 0) is 6.54 Å². The van der Waals surface area contributed by atoms with E-state index in [0.29, 0.717) is 5.69 Å². The molecule has 0 unspecified atom stereocenters. The van der Waals surface area contributed by atoms with Crippen LogP contribution in [-0.4, -0.2) is 60.0 Å². The van der Waals surface area contributed by atoms with E-state index in [1.807, 2.05) is 23.1 Å². The zero-order valence-electron chi connectivity index (χ0n) is 15.8. The molecule has 0 spiro atoms. The van der Waals surface area contributed by atoms with Crippen molar-refractivity contribution in [1.82, 2.24) is 14.8 Å². The van der Waals surface area contributed by atoms with Crippen LogP contribution in [0.3, 0.4) is 0 Å². The van der Waals surface area contributed by atoms with Gasteiger partial charge in [0.2, 0.25) is 0 Å². The van der Waals surface area contributed by atoms with Crippen LogP contribution in [0.5, 0.6) is 0 Å². The lowest BCUT2D eigenvalue weighted by Gasteiger charge is -2.34. The lowest BCUT2D eigenvalue weighted by molar-refractivity contribution is 0.0623. The quantitative estimate of drug-likeness (QED) is 0.801. The molecule has 1 fully saturated rings. The van der Waals surface area contributed by atoms with Crippen molar-refractivity contribution in [3.8, 4) is 0 Å². The second kappa shape index (κ2) is 8.81. The Labute approximate surface area is 156 Å². The van der Waals surface area contributed by atoms with E-state index >= 15 is 0 Å². The minimum Gasteiger partial charge on any atom is -0.372 e. The molecule has 1 aromatic carbocycles. The van der Waals surface area contributed by atoms with Crippen LogP contribution in [0.4, 0.5) is 5.69 Å².